The van der Waals surface area contributed by atoms with Crippen molar-refractivity contribution in [2.45, 2.75) is 102 Å². The van der Waals surface area contributed by atoms with E-state index in [9.17, 15) is 0 Å². The van der Waals surface area contributed by atoms with Crippen LogP contribution in [0.2, 0.25) is 10.6 Å². The molecular weight excluding hydrogens is 397 g/mol. The van der Waals surface area contributed by atoms with E-state index < -0.39 is 0 Å². The minimum absolute atomic E-state index is 0.165. The largest absolute Gasteiger partial charge is 0.227 e. The molecule has 154 valence electrons. The fourth-order valence-electron chi connectivity index (χ4n) is 2.89. The molecule has 0 atom stereocenters. The van der Waals surface area contributed by atoms with Crippen LogP contribution in [-0.4, -0.2) is 20.7 Å². The molecule has 0 fully saturated rings. The van der Waals surface area contributed by atoms with Crippen molar-refractivity contribution in [3.8, 4) is 0 Å². The fourth-order valence-corrected chi connectivity index (χ4v) is 4.18. The number of rotatable bonds is 17. The molecule has 0 bridgehead atoms. The van der Waals surface area contributed by atoms with Gasteiger partial charge in [0.05, 0.1) is 0 Å². The first kappa shape index (κ1) is 24.7. The first-order valence-corrected chi connectivity index (χ1v) is 12.3. The highest BCUT2D eigenvalue weighted by Gasteiger charge is 2.03. The number of aromatic nitrogens is 3. The lowest BCUT2D eigenvalue weighted by Crippen LogP contribution is -1.93. The van der Waals surface area contributed by atoms with Gasteiger partial charge in [-0.25, -0.2) is 0 Å². The first-order chi connectivity index (χ1) is 13.2. The molecule has 6 heteroatoms. The molecule has 0 aliphatic rings. The molecule has 3 nitrogen and oxygen atoms in total. The third-order valence-corrected chi connectivity index (χ3v) is 5.72. The highest BCUT2D eigenvalue weighted by atomic mass is 35.5. The van der Waals surface area contributed by atoms with Crippen LogP contribution in [-0.2, 0) is 0 Å². The average Bonchev–Trinajstić information content (AvgIpc) is 2.63. The number of unbranched alkanes of at least 4 members (excludes halogenated alkanes) is 12. The second kappa shape index (κ2) is 17.8. The molecule has 0 radical (unpaired) electrons. The van der Waals surface area contributed by atoms with Gasteiger partial charge in [0.25, 0.3) is 0 Å². The topological polar surface area (TPSA) is 38.7 Å². The molecule has 0 aliphatic carbocycles. The van der Waals surface area contributed by atoms with E-state index in [0.29, 0.717) is 5.16 Å². The Morgan fingerprint density at radius 2 is 1.15 bits per heavy atom. The number of thioether (sulfide) groups is 1. The summed E-state index contributed by atoms with van der Waals surface area (Å²) < 4.78 is 0. The van der Waals surface area contributed by atoms with E-state index in [1.807, 2.05) is 0 Å². The van der Waals surface area contributed by atoms with Gasteiger partial charge in [0.15, 0.2) is 5.16 Å². The van der Waals surface area contributed by atoms with E-state index in [0.717, 1.165) is 5.75 Å². The van der Waals surface area contributed by atoms with Crippen LogP contribution in [0.4, 0.5) is 0 Å². The second-order valence-electron chi connectivity index (χ2n) is 6.94. The Labute approximate surface area is 180 Å². The lowest BCUT2D eigenvalue weighted by Gasteiger charge is -2.02. The summed E-state index contributed by atoms with van der Waals surface area (Å²) in [6.45, 7) is 2.27. The van der Waals surface area contributed by atoms with Gasteiger partial charge in [-0.3, -0.25) is 0 Å². The summed E-state index contributed by atoms with van der Waals surface area (Å²) in [5.74, 6) is 0.998. The zero-order valence-corrected chi connectivity index (χ0v) is 19.1. The van der Waals surface area contributed by atoms with Gasteiger partial charge in [-0.2, -0.15) is 15.0 Å². The number of hydrogen-bond acceptors (Lipinski definition) is 4. The molecule has 0 unspecified atom stereocenters. The molecule has 1 aromatic rings. The smallest absolute Gasteiger partial charge is 0.192 e. The van der Waals surface area contributed by atoms with Crippen molar-refractivity contribution in [3.05, 3.63) is 22.7 Å². The molecule has 1 heterocycles. The molecule has 0 amide bonds. The monoisotopic (exact) mass is 431 g/mol. The Balaban J connectivity index is 1.83. The summed E-state index contributed by atoms with van der Waals surface area (Å²) in [7, 11) is 0. The summed E-state index contributed by atoms with van der Waals surface area (Å²) in [5, 5.41) is 0.949. The maximum Gasteiger partial charge on any atom is 0.227 e. The minimum atomic E-state index is 0.165. The lowest BCUT2D eigenvalue weighted by molar-refractivity contribution is 0.607. The lowest BCUT2D eigenvalue weighted by atomic mass is 10.1. The van der Waals surface area contributed by atoms with Gasteiger partial charge in [-0.05, 0) is 55.3 Å². The van der Waals surface area contributed by atoms with Crippen molar-refractivity contribution in [2.24, 2.45) is 0 Å². The molecule has 1 aromatic heterocycles. The molecule has 0 saturated heterocycles. The molecule has 0 aromatic carbocycles. The Morgan fingerprint density at radius 3 is 1.70 bits per heavy atom. The van der Waals surface area contributed by atoms with Crippen LogP contribution < -0.4 is 0 Å². The van der Waals surface area contributed by atoms with Gasteiger partial charge in [-0.15, -0.1) is 0 Å². The van der Waals surface area contributed by atoms with Crippen LogP contribution in [0.1, 0.15) is 96.8 Å². The standard InChI is InChI=1S/C21H35Cl2N3S/c1-2-3-4-5-6-7-8-9-10-11-12-13-14-15-16-17-18-27-21-25-19(22)24-20(23)26-21/h9-10H,2-8,11-18H2,1H3/b10-9-. The van der Waals surface area contributed by atoms with Crippen LogP contribution in [0.25, 0.3) is 0 Å². The van der Waals surface area contributed by atoms with E-state index in [-0.39, 0.29) is 10.6 Å². The van der Waals surface area contributed by atoms with E-state index in [1.54, 1.807) is 11.8 Å². The van der Waals surface area contributed by atoms with Gasteiger partial charge in [0.2, 0.25) is 10.6 Å². The number of nitrogens with zero attached hydrogens (tertiary/aromatic N) is 3. The van der Waals surface area contributed by atoms with Gasteiger partial charge in [0.1, 0.15) is 0 Å². The Kier molecular flexibility index (Phi) is 16.3. The highest BCUT2D eigenvalue weighted by Crippen LogP contribution is 2.19. The van der Waals surface area contributed by atoms with Crippen LogP contribution in [0.15, 0.2) is 17.3 Å². The summed E-state index contributed by atoms with van der Waals surface area (Å²) in [4.78, 5) is 11.9. The van der Waals surface area contributed by atoms with Crippen LogP contribution >= 0.6 is 35.0 Å². The van der Waals surface area contributed by atoms with E-state index >= 15 is 0 Å². The summed E-state index contributed by atoms with van der Waals surface area (Å²) in [5.41, 5.74) is 0. The van der Waals surface area contributed by atoms with Crippen molar-refractivity contribution in [3.63, 3.8) is 0 Å². The zero-order valence-electron chi connectivity index (χ0n) is 16.8. The van der Waals surface area contributed by atoms with Crippen LogP contribution in [0.3, 0.4) is 0 Å². The molecule has 0 saturated carbocycles. The molecule has 0 aliphatic heterocycles. The molecule has 0 N–H and O–H groups in total. The van der Waals surface area contributed by atoms with Crippen LogP contribution in [0, 0.1) is 0 Å². The molecule has 27 heavy (non-hydrogen) atoms. The van der Waals surface area contributed by atoms with Crippen molar-refractivity contribution in [2.75, 3.05) is 5.75 Å². The maximum absolute atomic E-state index is 5.77. The van der Waals surface area contributed by atoms with Crippen molar-refractivity contribution in [1.82, 2.24) is 15.0 Å². The molecule has 0 spiro atoms. The first-order valence-electron chi connectivity index (χ1n) is 10.6. The number of halogens is 2. The molecular formula is C21H35Cl2N3S. The maximum atomic E-state index is 5.77. The fraction of sp³-hybridized carbons (Fsp3) is 0.762. The van der Waals surface area contributed by atoms with Crippen molar-refractivity contribution in [1.29, 1.82) is 0 Å². The SMILES string of the molecule is CCCCCCCC/C=C\CCCCCCCCSc1nc(Cl)nc(Cl)n1. The van der Waals surface area contributed by atoms with Crippen molar-refractivity contribution < 1.29 is 0 Å². The summed E-state index contributed by atoms with van der Waals surface area (Å²) >= 11 is 13.1. The van der Waals surface area contributed by atoms with E-state index in [4.69, 9.17) is 23.2 Å². The third-order valence-electron chi connectivity index (χ3n) is 4.45. The quantitative estimate of drug-likeness (QED) is 0.141. The van der Waals surface area contributed by atoms with Crippen molar-refractivity contribution >= 4 is 35.0 Å². The predicted octanol–water partition coefficient (Wildman–Crippen LogP) is 8.31. The van der Waals surface area contributed by atoms with E-state index in [2.05, 4.69) is 34.0 Å². The van der Waals surface area contributed by atoms with E-state index in [1.165, 1.54) is 89.9 Å². The summed E-state index contributed by atoms with van der Waals surface area (Å²) in [6, 6.07) is 0. The zero-order chi connectivity index (χ0) is 19.6. The Morgan fingerprint density at radius 1 is 0.667 bits per heavy atom. The number of allylic oxidation sites excluding steroid dienone is 2. The van der Waals surface area contributed by atoms with Gasteiger partial charge < -0.3 is 0 Å². The van der Waals surface area contributed by atoms with Gasteiger partial charge in [0, 0.05) is 5.75 Å². The number of hydrogen-bond donors (Lipinski definition) is 0. The Hall–Kier alpha value is -0.320. The third kappa shape index (κ3) is 15.3. The second-order valence-corrected chi connectivity index (χ2v) is 8.68. The van der Waals surface area contributed by atoms with Gasteiger partial charge >= 0.3 is 0 Å². The molecule has 1 rings (SSSR count). The van der Waals surface area contributed by atoms with Crippen LogP contribution in [0.5, 0.6) is 0 Å². The minimum Gasteiger partial charge on any atom is -0.192 e. The Bertz CT molecular complexity index is 492. The van der Waals surface area contributed by atoms with Gasteiger partial charge in [-0.1, -0.05) is 88.6 Å². The average molecular weight is 433 g/mol. The highest BCUT2D eigenvalue weighted by molar-refractivity contribution is 7.99. The predicted molar refractivity (Wildman–Crippen MR) is 120 cm³/mol. The normalized spacial score (nSPS) is 11.5. The summed E-state index contributed by atoms with van der Waals surface area (Å²) in [6.07, 6.45) is 23.3.